The highest BCUT2D eigenvalue weighted by atomic mass is 32.2. The van der Waals surface area contributed by atoms with Crippen molar-refractivity contribution in [2.45, 2.75) is 6.54 Å². The number of fused-ring (bicyclic) bond motifs is 1. The van der Waals surface area contributed by atoms with Gasteiger partial charge in [-0.2, -0.15) is 0 Å². The summed E-state index contributed by atoms with van der Waals surface area (Å²) in [7, 11) is 0. The Kier molecular flexibility index (Phi) is 6.39. The van der Waals surface area contributed by atoms with Gasteiger partial charge in [-0.1, -0.05) is 48.5 Å². The number of benzene rings is 3. The molecule has 4 aromatic rings. The summed E-state index contributed by atoms with van der Waals surface area (Å²) in [5, 5.41) is 2.58. The van der Waals surface area contributed by atoms with E-state index in [1.165, 1.54) is 0 Å². The van der Waals surface area contributed by atoms with Crippen LogP contribution in [0.25, 0.3) is 17.0 Å². The Balaban J connectivity index is 1.37. The maximum atomic E-state index is 13.8. The van der Waals surface area contributed by atoms with E-state index in [0.29, 0.717) is 12.6 Å². The van der Waals surface area contributed by atoms with Gasteiger partial charge < -0.3 is 9.88 Å². The molecule has 0 atom stereocenters. The number of nitrogens with one attached hydrogen (secondary N) is 1. The summed E-state index contributed by atoms with van der Waals surface area (Å²) < 4.78 is 29.0. The molecule has 0 bridgehead atoms. The van der Waals surface area contributed by atoms with Crippen LogP contribution in [0.5, 0.6) is 0 Å². The minimum atomic E-state index is -0.954. The number of hydrogen-bond acceptors (Lipinski definition) is 4. The number of hydrogen-bond donors (Lipinski definition) is 1. The van der Waals surface area contributed by atoms with Crippen LogP contribution >= 0.6 is 11.8 Å². The molecular formula is C27H19F2N3O3S. The molecule has 3 aromatic carbocycles. The normalized spacial score (nSPS) is 14.7. The highest BCUT2D eigenvalue weighted by molar-refractivity contribution is 8.18. The Morgan fingerprint density at radius 3 is 2.50 bits per heavy atom. The summed E-state index contributed by atoms with van der Waals surface area (Å²) in [5.41, 5.74) is 2.63. The Bertz CT molecular complexity index is 1530. The van der Waals surface area contributed by atoms with Crippen molar-refractivity contribution in [1.82, 2.24) is 9.47 Å². The summed E-state index contributed by atoms with van der Waals surface area (Å²) in [6.45, 7) is 0.0470. The predicted molar refractivity (Wildman–Crippen MR) is 135 cm³/mol. The number of carbonyl (C=O) groups is 3. The molecule has 0 aliphatic carbocycles. The fraction of sp³-hybridized carbons (Fsp3) is 0.0741. The van der Waals surface area contributed by atoms with Gasteiger partial charge in [-0.05, 0) is 41.6 Å². The number of amides is 3. The van der Waals surface area contributed by atoms with Gasteiger partial charge in [-0.25, -0.2) is 8.78 Å². The Labute approximate surface area is 209 Å². The van der Waals surface area contributed by atoms with Crippen molar-refractivity contribution in [3.05, 3.63) is 107 Å². The van der Waals surface area contributed by atoms with E-state index in [1.807, 2.05) is 60.8 Å². The van der Waals surface area contributed by atoms with E-state index in [9.17, 15) is 23.2 Å². The molecule has 6 nitrogen and oxygen atoms in total. The van der Waals surface area contributed by atoms with Crippen molar-refractivity contribution >= 4 is 51.5 Å². The van der Waals surface area contributed by atoms with Crippen LogP contribution in [0.4, 0.5) is 19.3 Å². The van der Waals surface area contributed by atoms with Gasteiger partial charge in [-0.3, -0.25) is 19.3 Å². The predicted octanol–water partition coefficient (Wildman–Crippen LogP) is 5.64. The van der Waals surface area contributed by atoms with Crippen molar-refractivity contribution in [2.24, 2.45) is 0 Å². The molecular weight excluding hydrogens is 484 g/mol. The van der Waals surface area contributed by atoms with Crippen LogP contribution in [-0.2, 0) is 16.1 Å². The van der Waals surface area contributed by atoms with Gasteiger partial charge in [0.15, 0.2) is 0 Å². The zero-order chi connectivity index (χ0) is 25.2. The summed E-state index contributed by atoms with van der Waals surface area (Å²) in [4.78, 5) is 38.8. The molecule has 0 spiro atoms. The van der Waals surface area contributed by atoms with E-state index in [-0.39, 0.29) is 10.6 Å². The van der Waals surface area contributed by atoms with Crippen LogP contribution in [0.2, 0.25) is 0 Å². The molecule has 5 rings (SSSR count). The molecule has 1 aliphatic rings. The molecule has 1 fully saturated rings. The fourth-order valence-corrected chi connectivity index (χ4v) is 4.83. The van der Waals surface area contributed by atoms with Crippen LogP contribution in [0.15, 0.2) is 83.9 Å². The van der Waals surface area contributed by atoms with Gasteiger partial charge in [0.05, 0.1) is 10.6 Å². The first-order valence-corrected chi connectivity index (χ1v) is 11.8. The smallest absolute Gasteiger partial charge is 0.294 e. The average molecular weight is 504 g/mol. The van der Waals surface area contributed by atoms with Gasteiger partial charge in [0.1, 0.15) is 18.2 Å². The van der Waals surface area contributed by atoms with E-state index < -0.39 is 35.2 Å². The SMILES string of the molecule is O=C(CN1C(=O)S/C(=C\c2cn(Cc3ccccc3)c3ccccc23)C1=O)Nc1ccc(F)cc1F. The van der Waals surface area contributed by atoms with Gasteiger partial charge in [0, 0.05) is 35.3 Å². The Morgan fingerprint density at radius 2 is 1.72 bits per heavy atom. The molecule has 3 amide bonds. The quantitative estimate of drug-likeness (QED) is 0.346. The monoisotopic (exact) mass is 503 g/mol. The van der Waals surface area contributed by atoms with E-state index in [2.05, 4.69) is 9.88 Å². The zero-order valence-electron chi connectivity index (χ0n) is 18.8. The first-order chi connectivity index (χ1) is 17.4. The average Bonchev–Trinajstić information content (AvgIpc) is 3.33. The largest absolute Gasteiger partial charge is 0.342 e. The first-order valence-electron chi connectivity index (χ1n) is 11.0. The van der Waals surface area contributed by atoms with Crippen molar-refractivity contribution in [2.75, 3.05) is 11.9 Å². The summed E-state index contributed by atoms with van der Waals surface area (Å²) >= 11 is 0.737. The maximum absolute atomic E-state index is 13.8. The van der Waals surface area contributed by atoms with Gasteiger partial charge in [0.25, 0.3) is 11.1 Å². The number of para-hydroxylation sites is 1. The molecule has 1 aromatic heterocycles. The molecule has 1 saturated heterocycles. The second kappa shape index (κ2) is 9.79. The lowest BCUT2D eigenvalue weighted by atomic mass is 10.1. The van der Waals surface area contributed by atoms with Crippen LogP contribution < -0.4 is 5.32 Å². The van der Waals surface area contributed by atoms with Crippen LogP contribution in [0.1, 0.15) is 11.1 Å². The van der Waals surface area contributed by atoms with E-state index in [1.54, 1.807) is 6.08 Å². The van der Waals surface area contributed by atoms with E-state index in [4.69, 9.17) is 0 Å². The molecule has 0 radical (unpaired) electrons. The second-order valence-electron chi connectivity index (χ2n) is 8.16. The lowest BCUT2D eigenvalue weighted by Crippen LogP contribution is -2.36. The molecule has 0 saturated carbocycles. The summed E-state index contributed by atoms with van der Waals surface area (Å²) in [6.07, 6.45) is 3.57. The van der Waals surface area contributed by atoms with Gasteiger partial charge in [-0.15, -0.1) is 0 Å². The van der Waals surface area contributed by atoms with Crippen molar-refractivity contribution in [3.63, 3.8) is 0 Å². The minimum Gasteiger partial charge on any atom is -0.342 e. The number of rotatable bonds is 6. The lowest BCUT2D eigenvalue weighted by Gasteiger charge is -2.12. The van der Waals surface area contributed by atoms with Crippen molar-refractivity contribution in [1.29, 1.82) is 0 Å². The molecule has 36 heavy (non-hydrogen) atoms. The van der Waals surface area contributed by atoms with Crippen LogP contribution in [0, 0.1) is 11.6 Å². The molecule has 2 heterocycles. The summed E-state index contributed by atoms with van der Waals surface area (Å²) in [5.74, 6) is -3.13. The summed E-state index contributed by atoms with van der Waals surface area (Å²) in [6, 6.07) is 20.4. The molecule has 180 valence electrons. The third kappa shape index (κ3) is 4.78. The molecule has 0 unspecified atom stereocenters. The maximum Gasteiger partial charge on any atom is 0.294 e. The van der Waals surface area contributed by atoms with Crippen molar-refractivity contribution < 1.29 is 23.2 Å². The number of carbonyl (C=O) groups excluding carboxylic acids is 3. The van der Waals surface area contributed by atoms with E-state index in [0.717, 1.165) is 50.8 Å². The number of imide groups is 1. The topological polar surface area (TPSA) is 71.4 Å². The molecule has 1 aliphatic heterocycles. The Hall–Kier alpha value is -4.24. The first kappa shape index (κ1) is 23.5. The fourth-order valence-electron chi connectivity index (χ4n) is 4.00. The van der Waals surface area contributed by atoms with Gasteiger partial charge >= 0.3 is 0 Å². The van der Waals surface area contributed by atoms with Crippen LogP contribution in [-0.4, -0.2) is 33.1 Å². The number of halogens is 2. The number of aromatic nitrogens is 1. The zero-order valence-corrected chi connectivity index (χ0v) is 19.6. The molecule has 9 heteroatoms. The Morgan fingerprint density at radius 1 is 0.972 bits per heavy atom. The van der Waals surface area contributed by atoms with Gasteiger partial charge in [0.2, 0.25) is 5.91 Å². The third-order valence-electron chi connectivity index (χ3n) is 5.68. The van der Waals surface area contributed by atoms with Crippen LogP contribution in [0.3, 0.4) is 0 Å². The number of nitrogens with zero attached hydrogens (tertiary/aromatic N) is 2. The third-order valence-corrected chi connectivity index (χ3v) is 6.59. The number of thioether (sulfide) groups is 1. The van der Waals surface area contributed by atoms with Crippen molar-refractivity contribution in [3.8, 4) is 0 Å². The number of anilines is 1. The highest BCUT2D eigenvalue weighted by Crippen LogP contribution is 2.34. The standard InChI is InChI=1S/C27H19F2N3O3S/c28-19-10-11-22(21(29)13-19)30-25(33)16-32-26(34)24(36-27(32)35)12-18-15-31(14-17-6-2-1-3-7-17)23-9-5-4-8-20(18)23/h1-13,15H,14,16H2,(H,30,33)/b24-12-. The lowest BCUT2D eigenvalue weighted by molar-refractivity contribution is -0.127. The molecule has 1 N–H and O–H groups in total. The minimum absolute atomic E-state index is 0.184. The van der Waals surface area contributed by atoms with E-state index >= 15 is 0 Å². The highest BCUT2D eigenvalue weighted by Gasteiger charge is 2.36. The second-order valence-corrected chi connectivity index (χ2v) is 9.15.